The summed E-state index contributed by atoms with van der Waals surface area (Å²) in [6.45, 7) is 8.74. The highest BCUT2D eigenvalue weighted by Crippen LogP contribution is 2.29. The van der Waals surface area contributed by atoms with Gasteiger partial charge in [0, 0.05) is 32.0 Å². The van der Waals surface area contributed by atoms with Crippen molar-refractivity contribution in [1.29, 1.82) is 0 Å². The lowest BCUT2D eigenvalue weighted by Crippen LogP contribution is -2.28. The molecule has 0 aromatic heterocycles. The van der Waals surface area contributed by atoms with Gasteiger partial charge in [0.25, 0.3) is 0 Å². The number of methoxy groups -OCH3 is 1. The van der Waals surface area contributed by atoms with Gasteiger partial charge in [-0.2, -0.15) is 0 Å². The first-order valence-electron chi connectivity index (χ1n) is 10.6. The molecule has 1 fully saturated rings. The van der Waals surface area contributed by atoms with Gasteiger partial charge < -0.3 is 25.0 Å². The van der Waals surface area contributed by atoms with Crippen molar-refractivity contribution in [2.45, 2.75) is 46.1 Å². The molecular weight excluding hydrogens is 370 g/mol. The Morgan fingerprint density at radius 1 is 1.14 bits per heavy atom. The molecule has 0 aliphatic heterocycles. The summed E-state index contributed by atoms with van der Waals surface area (Å²) in [7, 11) is 1.62. The molecule has 0 unspecified atom stereocenters. The van der Waals surface area contributed by atoms with E-state index in [2.05, 4.69) is 29.4 Å². The van der Waals surface area contributed by atoms with Gasteiger partial charge in [0.05, 0.1) is 7.11 Å². The van der Waals surface area contributed by atoms with Crippen LogP contribution in [0.4, 0.5) is 0 Å². The molecule has 29 heavy (non-hydrogen) atoms. The van der Waals surface area contributed by atoms with Crippen LogP contribution >= 0.6 is 0 Å². The minimum Gasteiger partial charge on any atom is -0.493 e. The fourth-order valence-electron chi connectivity index (χ4n) is 3.01. The maximum Gasteiger partial charge on any atom is 0.223 e. The molecule has 0 saturated heterocycles. The molecule has 1 aromatic carbocycles. The summed E-state index contributed by atoms with van der Waals surface area (Å²) in [5.74, 6) is 1.68. The van der Waals surface area contributed by atoms with Crippen LogP contribution in [0.15, 0.2) is 18.2 Å². The Labute approximate surface area is 174 Å². The number of hydrogen-bond acceptors (Lipinski definition) is 5. The Morgan fingerprint density at radius 3 is 2.55 bits per heavy atom. The molecule has 7 nitrogen and oxygen atoms in total. The number of carbonyl (C=O) groups excluding carboxylic acids is 2. The van der Waals surface area contributed by atoms with Gasteiger partial charge in [-0.15, -0.1) is 0 Å². The SMILES string of the molecule is CCN(CC)CCOc1ccc(CNC(=O)CCCNC(=O)C2CC2)cc1OC. The third-order valence-electron chi connectivity index (χ3n) is 5.11. The summed E-state index contributed by atoms with van der Waals surface area (Å²) < 4.78 is 11.3. The highest BCUT2D eigenvalue weighted by Gasteiger charge is 2.28. The number of benzene rings is 1. The number of rotatable bonds is 14. The second kappa shape index (κ2) is 12.3. The van der Waals surface area contributed by atoms with Crippen LogP contribution in [-0.4, -0.2) is 56.6 Å². The average molecular weight is 406 g/mol. The van der Waals surface area contributed by atoms with Crippen LogP contribution in [-0.2, 0) is 16.1 Å². The molecule has 0 atom stereocenters. The molecule has 1 saturated carbocycles. The van der Waals surface area contributed by atoms with Crippen molar-refractivity contribution in [3.63, 3.8) is 0 Å². The van der Waals surface area contributed by atoms with Gasteiger partial charge in [-0.05, 0) is 50.0 Å². The molecule has 0 radical (unpaired) electrons. The van der Waals surface area contributed by atoms with Gasteiger partial charge >= 0.3 is 0 Å². The van der Waals surface area contributed by atoms with E-state index in [0.29, 0.717) is 44.0 Å². The van der Waals surface area contributed by atoms with Crippen LogP contribution in [0, 0.1) is 5.92 Å². The van der Waals surface area contributed by atoms with Crippen LogP contribution in [0.2, 0.25) is 0 Å². The smallest absolute Gasteiger partial charge is 0.223 e. The fraction of sp³-hybridized carbons (Fsp3) is 0.636. The number of nitrogens with one attached hydrogen (secondary N) is 2. The molecule has 7 heteroatoms. The van der Waals surface area contributed by atoms with Crippen LogP contribution in [0.5, 0.6) is 11.5 Å². The normalized spacial score (nSPS) is 13.2. The highest BCUT2D eigenvalue weighted by molar-refractivity contribution is 5.81. The average Bonchev–Trinajstić information content (AvgIpc) is 3.58. The summed E-state index contributed by atoms with van der Waals surface area (Å²) >= 11 is 0. The van der Waals surface area contributed by atoms with Gasteiger partial charge in [-0.1, -0.05) is 19.9 Å². The van der Waals surface area contributed by atoms with Crippen molar-refractivity contribution in [2.24, 2.45) is 5.92 Å². The molecule has 1 aliphatic rings. The van der Waals surface area contributed by atoms with Gasteiger partial charge in [-0.25, -0.2) is 0 Å². The molecule has 162 valence electrons. The Bertz CT molecular complexity index is 657. The first-order valence-corrected chi connectivity index (χ1v) is 10.6. The zero-order chi connectivity index (χ0) is 21.1. The summed E-state index contributed by atoms with van der Waals surface area (Å²) in [5.41, 5.74) is 0.952. The zero-order valence-electron chi connectivity index (χ0n) is 18.0. The van der Waals surface area contributed by atoms with Crippen molar-refractivity contribution < 1.29 is 19.1 Å². The summed E-state index contributed by atoms with van der Waals surface area (Å²) in [6, 6.07) is 5.71. The van der Waals surface area contributed by atoms with Crippen LogP contribution in [0.3, 0.4) is 0 Å². The first kappa shape index (κ1) is 23.0. The Hall–Kier alpha value is -2.28. The minimum absolute atomic E-state index is 0.0239. The molecule has 1 aliphatic carbocycles. The molecular formula is C22H35N3O4. The molecule has 2 rings (SSSR count). The lowest BCUT2D eigenvalue weighted by atomic mass is 10.2. The van der Waals surface area contributed by atoms with Gasteiger partial charge in [0.1, 0.15) is 6.61 Å². The van der Waals surface area contributed by atoms with Crippen molar-refractivity contribution in [2.75, 3.05) is 39.9 Å². The minimum atomic E-state index is -0.0239. The van der Waals surface area contributed by atoms with Crippen molar-refractivity contribution >= 4 is 11.8 Å². The van der Waals surface area contributed by atoms with Gasteiger partial charge in [-0.3, -0.25) is 9.59 Å². The third kappa shape index (κ3) is 8.31. The number of likely N-dealkylation sites (N-methyl/N-ethyl adjacent to an activating group) is 1. The Balaban J connectivity index is 1.69. The maximum absolute atomic E-state index is 12.0. The van der Waals surface area contributed by atoms with E-state index in [1.54, 1.807) is 7.11 Å². The van der Waals surface area contributed by atoms with Gasteiger partial charge in [0.15, 0.2) is 11.5 Å². The molecule has 2 amide bonds. The summed E-state index contributed by atoms with van der Waals surface area (Å²) in [4.78, 5) is 25.8. The highest BCUT2D eigenvalue weighted by atomic mass is 16.5. The topological polar surface area (TPSA) is 79.9 Å². The number of amides is 2. The summed E-state index contributed by atoms with van der Waals surface area (Å²) in [5, 5.41) is 5.79. The zero-order valence-corrected chi connectivity index (χ0v) is 18.0. The Morgan fingerprint density at radius 2 is 1.90 bits per heavy atom. The van der Waals surface area contributed by atoms with Crippen molar-refractivity contribution in [1.82, 2.24) is 15.5 Å². The second-order valence-corrected chi connectivity index (χ2v) is 7.31. The van der Waals surface area contributed by atoms with Crippen LogP contribution in [0.25, 0.3) is 0 Å². The molecule has 0 heterocycles. The molecule has 1 aromatic rings. The number of carbonyl (C=O) groups is 2. The third-order valence-corrected chi connectivity index (χ3v) is 5.11. The van der Waals surface area contributed by atoms with Crippen molar-refractivity contribution in [3.05, 3.63) is 23.8 Å². The predicted molar refractivity (Wildman–Crippen MR) is 113 cm³/mol. The maximum atomic E-state index is 12.0. The van der Waals surface area contributed by atoms with E-state index in [9.17, 15) is 9.59 Å². The van der Waals surface area contributed by atoms with Gasteiger partial charge in [0.2, 0.25) is 11.8 Å². The fourth-order valence-corrected chi connectivity index (χ4v) is 3.01. The first-order chi connectivity index (χ1) is 14.1. The van der Waals surface area contributed by atoms with E-state index in [4.69, 9.17) is 9.47 Å². The number of ether oxygens (including phenoxy) is 2. The van der Waals surface area contributed by atoms with E-state index >= 15 is 0 Å². The summed E-state index contributed by atoms with van der Waals surface area (Å²) in [6.07, 6.45) is 3.03. The predicted octanol–water partition coefficient (Wildman–Crippen LogP) is 2.34. The molecule has 0 bridgehead atoms. The molecule has 0 spiro atoms. The Kier molecular flexibility index (Phi) is 9.77. The van der Waals surface area contributed by atoms with E-state index < -0.39 is 0 Å². The van der Waals surface area contributed by atoms with E-state index in [0.717, 1.165) is 38.0 Å². The van der Waals surface area contributed by atoms with E-state index in [-0.39, 0.29) is 17.7 Å². The monoisotopic (exact) mass is 405 g/mol. The largest absolute Gasteiger partial charge is 0.493 e. The lowest BCUT2D eigenvalue weighted by Gasteiger charge is -2.19. The van der Waals surface area contributed by atoms with E-state index in [1.165, 1.54) is 0 Å². The second-order valence-electron chi connectivity index (χ2n) is 7.31. The molecule has 2 N–H and O–H groups in total. The van der Waals surface area contributed by atoms with Crippen molar-refractivity contribution in [3.8, 4) is 11.5 Å². The standard InChI is InChI=1S/C22H35N3O4/c1-4-25(5-2)13-14-29-19-11-8-17(15-20(19)28-3)16-24-21(26)7-6-12-23-22(27)18-9-10-18/h8,11,15,18H,4-7,9-10,12-14,16H2,1-3H3,(H,23,27)(H,24,26). The lowest BCUT2D eigenvalue weighted by molar-refractivity contribution is -0.123. The quantitative estimate of drug-likeness (QED) is 0.465. The van der Waals surface area contributed by atoms with E-state index in [1.807, 2.05) is 18.2 Å². The van der Waals surface area contributed by atoms with Crippen LogP contribution < -0.4 is 20.1 Å². The number of nitrogens with zero attached hydrogens (tertiary/aromatic N) is 1. The van der Waals surface area contributed by atoms with Crippen LogP contribution in [0.1, 0.15) is 45.1 Å². The number of hydrogen-bond donors (Lipinski definition) is 2.